The first kappa shape index (κ1) is 15.9. The molecule has 5 fully saturated rings. The highest BCUT2D eigenvalue weighted by Gasteiger charge is 2.66. The summed E-state index contributed by atoms with van der Waals surface area (Å²) in [6.45, 7) is 0. The molecule has 132 valence electrons. The number of carbonyl (C=O) groups is 2. The quantitative estimate of drug-likeness (QED) is 0.623. The molecule has 1 aromatic rings. The van der Waals surface area contributed by atoms with Crippen LogP contribution in [0.1, 0.15) is 43.7 Å². The maximum Gasteiger partial charge on any atom is 0.239 e. The topological polar surface area (TPSA) is 63.4 Å². The lowest BCUT2D eigenvalue weighted by Gasteiger charge is -2.65. The molecule has 1 heterocycles. The van der Waals surface area contributed by atoms with Gasteiger partial charge >= 0.3 is 0 Å². The third-order valence-corrected chi connectivity index (χ3v) is 8.15. The Morgan fingerprint density at radius 2 is 1.76 bits per heavy atom. The molecule has 4 bridgehead atoms. The number of rotatable bonds is 3. The maximum absolute atomic E-state index is 12.9. The van der Waals surface area contributed by atoms with Crippen LogP contribution in [0, 0.1) is 23.2 Å². The smallest absolute Gasteiger partial charge is 0.239 e. The van der Waals surface area contributed by atoms with Gasteiger partial charge in [0.25, 0.3) is 0 Å². The van der Waals surface area contributed by atoms with Crippen molar-refractivity contribution >= 4 is 27.7 Å². The highest BCUT2D eigenvalue weighted by atomic mass is 79.9. The zero-order chi connectivity index (χ0) is 17.3. The zero-order valence-corrected chi connectivity index (χ0v) is 15.7. The molecule has 2 N–H and O–H groups in total. The zero-order valence-electron chi connectivity index (χ0n) is 14.1. The minimum Gasteiger partial charge on any atom is -0.369 e. The Bertz CT molecular complexity index is 722. The van der Waals surface area contributed by atoms with Crippen LogP contribution in [-0.4, -0.2) is 27.6 Å². The summed E-state index contributed by atoms with van der Waals surface area (Å²) in [5.74, 6) is 1.59. The summed E-state index contributed by atoms with van der Waals surface area (Å²) in [7, 11) is 0. The van der Waals surface area contributed by atoms with E-state index < -0.39 is 5.41 Å². The minimum absolute atomic E-state index is 0.00690. The average molecular weight is 403 g/mol. The molecule has 25 heavy (non-hydrogen) atoms. The highest BCUT2D eigenvalue weighted by molar-refractivity contribution is 9.10. The number of alkyl halides is 1. The lowest BCUT2D eigenvalue weighted by atomic mass is 9.46. The van der Waals surface area contributed by atoms with E-state index in [2.05, 4.69) is 28.1 Å². The number of hydrogen-bond acceptors (Lipinski definition) is 2. The molecule has 1 saturated heterocycles. The third-order valence-electron chi connectivity index (χ3n) is 7.26. The summed E-state index contributed by atoms with van der Waals surface area (Å²) in [4.78, 5) is 27.3. The normalized spacial score (nSPS) is 44.7. The van der Waals surface area contributed by atoms with Gasteiger partial charge in [0, 0.05) is 6.04 Å². The lowest BCUT2D eigenvalue weighted by Crippen LogP contribution is -2.72. The fourth-order valence-corrected chi connectivity index (χ4v) is 7.41. The SMILES string of the molecule is NC(=O)C12CC3CC(CC(C3)C1N1C(=O)C(Br)C1c1ccccc1)C2. The number of likely N-dealkylation sites (tertiary alicyclic amines) is 1. The van der Waals surface area contributed by atoms with E-state index in [9.17, 15) is 9.59 Å². The van der Waals surface area contributed by atoms with Gasteiger partial charge in [0.15, 0.2) is 0 Å². The largest absolute Gasteiger partial charge is 0.369 e. The number of amides is 2. The van der Waals surface area contributed by atoms with Crippen molar-refractivity contribution in [3.63, 3.8) is 0 Å². The van der Waals surface area contributed by atoms with Crippen LogP contribution in [0.5, 0.6) is 0 Å². The molecule has 0 spiro atoms. The number of halogens is 1. The molecular formula is C20H23BrN2O2. The Labute approximate surface area is 156 Å². The number of β-lactam (4-membered cyclic amide) rings is 1. The Balaban J connectivity index is 1.57. The number of primary amides is 1. The van der Waals surface area contributed by atoms with E-state index in [1.807, 2.05) is 23.1 Å². The van der Waals surface area contributed by atoms with Crippen molar-refractivity contribution in [3.05, 3.63) is 35.9 Å². The van der Waals surface area contributed by atoms with Crippen molar-refractivity contribution in [1.29, 1.82) is 0 Å². The van der Waals surface area contributed by atoms with E-state index in [0.29, 0.717) is 17.8 Å². The van der Waals surface area contributed by atoms with Crippen LogP contribution in [0.4, 0.5) is 0 Å². The van der Waals surface area contributed by atoms with E-state index >= 15 is 0 Å². The third kappa shape index (κ3) is 2.05. The van der Waals surface area contributed by atoms with Crippen LogP contribution in [-0.2, 0) is 9.59 Å². The summed E-state index contributed by atoms with van der Waals surface area (Å²) in [5, 5.41) is 0. The van der Waals surface area contributed by atoms with Crippen LogP contribution in [0.3, 0.4) is 0 Å². The first-order chi connectivity index (χ1) is 12.0. The van der Waals surface area contributed by atoms with Gasteiger partial charge in [0.2, 0.25) is 11.8 Å². The van der Waals surface area contributed by atoms with E-state index in [1.54, 1.807) is 0 Å². The molecular weight excluding hydrogens is 380 g/mol. The Kier molecular flexibility index (Phi) is 3.38. The average Bonchev–Trinajstić information content (AvgIpc) is 2.60. The highest BCUT2D eigenvalue weighted by Crippen LogP contribution is 2.63. The number of nitrogens with two attached hydrogens (primary N) is 1. The molecule has 0 aromatic heterocycles. The van der Waals surface area contributed by atoms with Crippen molar-refractivity contribution < 1.29 is 9.59 Å². The number of carbonyl (C=O) groups excluding carboxylic acids is 2. The van der Waals surface area contributed by atoms with Crippen molar-refractivity contribution in [2.45, 2.75) is 49.0 Å². The predicted molar refractivity (Wildman–Crippen MR) is 97.7 cm³/mol. The molecule has 1 aliphatic heterocycles. The Hall–Kier alpha value is -1.36. The Morgan fingerprint density at radius 1 is 1.12 bits per heavy atom. The van der Waals surface area contributed by atoms with E-state index in [-0.39, 0.29) is 28.7 Å². The second-order valence-electron chi connectivity index (χ2n) is 8.58. The number of benzene rings is 1. The van der Waals surface area contributed by atoms with Crippen LogP contribution in [0.15, 0.2) is 30.3 Å². The second-order valence-corrected chi connectivity index (χ2v) is 9.56. The van der Waals surface area contributed by atoms with Gasteiger partial charge in [-0.3, -0.25) is 9.59 Å². The molecule has 5 heteroatoms. The Morgan fingerprint density at radius 3 is 2.36 bits per heavy atom. The van der Waals surface area contributed by atoms with Crippen molar-refractivity contribution in [2.75, 3.05) is 0 Å². The van der Waals surface area contributed by atoms with Crippen molar-refractivity contribution in [3.8, 4) is 0 Å². The van der Waals surface area contributed by atoms with E-state index in [0.717, 1.165) is 31.2 Å². The molecule has 4 nitrogen and oxygen atoms in total. The summed E-state index contributed by atoms with van der Waals surface area (Å²) < 4.78 is 0. The van der Waals surface area contributed by atoms with Crippen molar-refractivity contribution in [1.82, 2.24) is 4.90 Å². The summed E-state index contributed by atoms with van der Waals surface area (Å²) in [5.41, 5.74) is 6.60. The molecule has 6 rings (SSSR count). The first-order valence-electron chi connectivity index (χ1n) is 9.32. The summed E-state index contributed by atoms with van der Waals surface area (Å²) in [6.07, 6.45) is 5.29. The molecule has 5 aliphatic rings. The van der Waals surface area contributed by atoms with Gasteiger partial charge in [-0.15, -0.1) is 0 Å². The maximum atomic E-state index is 12.9. The molecule has 4 aliphatic carbocycles. The molecule has 1 aromatic carbocycles. The molecule has 4 saturated carbocycles. The molecule has 5 unspecified atom stereocenters. The molecule has 5 atom stereocenters. The predicted octanol–water partition coefficient (Wildman–Crippen LogP) is 3.01. The van der Waals surface area contributed by atoms with Gasteiger partial charge in [-0.25, -0.2) is 0 Å². The minimum atomic E-state index is -0.509. The molecule has 0 radical (unpaired) electrons. The summed E-state index contributed by atoms with van der Waals surface area (Å²) >= 11 is 3.58. The van der Waals surface area contributed by atoms with E-state index in [1.165, 1.54) is 6.42 Å². The fourth-order valence-electron chi connectivity index (χ4n) is 6.62. The lowest BCUT2D eigenvalue weighted by molar-refractivity contribution is -0.184. The van der Waals surface area contributed by atoms with Gasteiger partial charge < -0.3 is 10.6 Å². The fraction of sp³-hybridized carbons (Fsp3) is 0.600. The first-order valence-corrected chi connectivity index (χ1v) is 10.2. The van der Waals surface area contributed by atoms with Gasteiger partial charge in [-0.2, -0.15) is 0 Å². The van der Waals surface area contributed by atoms with Crippen LogP contribution in [0.25, 0.3) is 0 Å². The molecule has 2 amide bonds. The van der Waals surface area contributed by atoms with Crippen molar-refractivity contribution in [2.24, 2.45) is 28.9 Å². The monoisotopic (exact) mass is 402 g/mol. The van der Waals surface area contributed by atoms with Gasteiger partial charge in [0.1, 0.15) is 4.83 Å². The van der Waals surface area contributed by atoms with Gasteiger partial charge in [0.05, 0.1) is 11.5 Å². The number of hydrogen-bond donors (Lipinski definition) is 1. The number of nitrogens with zero attached hydrogens (tertiary/aromatic N) is 1. The van der Waals surface area contributed by atoms with Crippen LogP contribution < -0.4 is 5.73 Å². The van der Waals surface area contributed by atoms with E-state index in [4.69, 9.17) is 5.73 Å². The van der Waals surface area contributed by atoms with Gasteiger partial charge in [-0.05, 0) is 55.4 Å². The van der Waals surface area contributed by atoms with Crippen LogP contribution in [0.2, 0.25) is 0 Å². The second kappa shape index (κ2) is 5.32. The summed E-state index contributed by atoms with van der Waals surface area (Å²) in [6, 6.07) is 10.1. The standard InChI is InChI=1S/C20H23BrN2O2/c21-15-16(13-4-2-1-3-5-13)23(18(15)24)17-14-7-11-6-12(8-14)10-20(17,9-11)19(22)25/h1-5,11-12,14-17H,6-10H2,(H2,22,25). The van der Waals surface area contributed by atoms with Crippen LogP contribution >= 0.6 is 15.9 Å². The van der Waals surface area contributed by atoms with Gasteiger partial charge in [-0.1, -0.05) is 46.3 Å².